The largest absolute Gasteiger partial charge is 0.384 e. The van der Waals surface area contributed by atoms with Crippen LogP contribution in [0.15, 0.2) is 47.8 Å². The van der Waals surface area contributed by atoms with Crippen molar-refractivity contribution in [1.82, 2.24) is 10.3 Å². The highest BCUT2D eigenvalue weighted by Crippen LogP contribution is 2.29. The van der Waals surface area contributed by atoms with E-state index in [9.17, 15) is 4.79 Å². The number of carbonyl (C=O) groups is 1. The number of nitrogens with zero attached hydrogens (tertiary/aromatic N) is 1. The molecule has 2 N–H and O–H groups in total. The van der Waals surface area contributed by atoms with Gasteiger partial charge >= 0.3 is 0 Å². The van der Waals surface area contributed by atoms with Gasteiger partial charge in [-0.1, -0.05) is 12.1 Å². The van der Waals surface area contributed by atoms with Crippen LogP contribution in [0.25, 0.3) is 0 Å². The third-order valence-corrected chi connectivity index (χ3v) is 3.60. The summed E-state index contributed by atoms with van der Waals surface area (Å²) in [6.07, 6.45) is 9.16. The topological polar surface area (TPSA) is 54.0 Å². The van der Waals surface area contributed by atoms with Gasteiger partial charge in [-0.05, 0) is 43.0 Å². The van der Waals surface area contributed by atoms with Gasteiger partial charge in [0.05, 0.1) is 5.92 Å². The molecule has 4 heteroatoms. The molecule has 1 aliphatic carbocycles. The summed E-state index contributed by atoms with van der Waals surface area (Å²) in [7, 11) is 0. The molecule has 0 fully saturated rings. The van der Waals surface area contributed by atoms with Crippen molar-refractivity contribution in [3.63, 3.8) is 0 Å². The Morgan fingerprint density at radius 3 is 3.21 bits per heavy atom. The van der Waals surface area contributed by atoms with Crippen molar-refractivity contribution >= 4 is 11.7 Å². The normalized spacial score (nSPS) is 21.6. The molecule has 1 aliphatic heterocycles. The van der Waals surface area contributed by atoms with E-state index in [4.69, 9.17) is 0 Å². The number of allylic oxidation sites excluding steroid dienone is 2. The molecule has 1 aromatic rings. The number of nitrogens with one attached hydrogen (secondary N) is 2. The van der Waals surface area contributed by atoms with Gasteiger partial charge in [0, 0.05) is 18.4 Å². The molecule has 0 bridgehead atoms. The fraction of sp³-hybridized carbons (Fsp3) is 0.333. The molecule has 0 saturated carbocycles. The van der Waals surface area contributed by atoms with Gasteiger partial charge in [0.15, 0.2) is 0 Å². The zero-order chi connectivity index (χ0) is 13.1. The second kappa shape index (κ2) is 5.26. The van der Waals surface area contributed by atoms with Crippen LogP contribution in [0.1, 0.15) is 19.3 Å². The lowest BCUT2D eigenvalue weighted by Crippen LogP contribution is -2.27. The number of rotatable bonds is 2. The lowest BCUT2D eigenvalue weighted by Gasteiger charge is -2.13. The number of hydrogen-bond donors (Lipinski definition) is 2. The van der Waals surface area contributed by atoms with Crippen LogP contribution in [0.4, 0.5) is 5.82 Å². The summed E-state index contributed by atoms with van der Waals surface area (Å²) >= 11 is 0. The Hall–Kier alpha value is -2.10. The molecule has 1 amide bonds. The number of pyridine rings is 1. The van der Waals surface area contributed by atoms with E-state index in [1.54, 1.807) is 6.20 Å². The van der Waals surface area contributed by atoms with Crippen LogP contribution in [0.5, 0.6) is 0 Å². The van der Waals surface area contributed by atoms with Crippen LogP contribution in [0, 0.1) is 5.92 Å². The molecule has 3 rings (SSSR count). The summed E-state index contributed by atoms with van der Waals surface area (Å²) in [4.78, 5) is 16.5. The van der Waals surface area contributed by atoms with Crippen molar-refractivity contribution in [1.29, 1.82) is 0 Å². The highest BCUT2D eigenvalue weighted by Gasteiger charge is 2.30. The number of hydrogen-bond acceptors (Lipinski definition) is 3. The molecule has 2 heterocycles. The Labute approximate surface area is 112 Å². The predicted octanol–water partition coefficient (Wildman–Crippen LogP) is 2.23. The molecule has 1 unspecified atom stereocenters. The maximum atomic E-state index is 12.3. The highest BCUT2D eigenvalue weighted by molar-refractivity contribution is 5.94. The summed E-state index contributed by atoms with van der Waals surface area (Å²) in [6, 6.07) is 5.51. The Balaban J connectivity index is 1.74. The molecule has 0 saturated heterocycles. The number of aromatic nitrogens is 1. The van der Waals surface area contributed by atoms with Crippen molar-refractivity contribution in [2.24, 2.45) is 5.92 Å². The summed E-state index contributed by atoms with van der Waals surface area (Å²) in [6.45, 7) is 0.688. The van der Waals surface area contributed by atoms with Crippen molar-refractivity contribution < 1.29 is 4.79 Å². The molecule has 0 radical (unpaired) electrons. The smallest absolute Gasteiger partial charge is 0.234 e. The monoisotopic (exact) mass is 255 g/mol. The molecule has 1 atom stereocenters. The van der Waals surface area contributed by atoms with Crippen LogP contribution in [-0.2, 0) is 4.79 Å². The van der Waals surface area contributed by atoms with Crippen molar-refractivity contribution in [2.45, 2.75) is 19.3 Å². The maximum absolute atomic E-state index is 12.3. The van der Waals surface area contributed by atoms with Crippen LogP contribution >= 0.6 is 0 Å². The molecule has 0 aromatic carbocycles. The first kappa shape index (κ1) is 12.0. The van der Waals surface area contributed by atoms with Crippen LogP contribution in [-0.4, -0.2) is 17.4 Å². The van der Waals surface area contributed by atoms with Gasteiger partial charge in [0.25, 0.3) is 0 Å². The van der Waals surface area contributed by atoms with E-state index in [1.165, 1.54) is 5.57 Å². The lowest BCUT2D eigenvalue weighted by molar-refractivity contribution is -0.118. The third-order valence-electron chi connectivity index (χ3n) is 3.60. The van der Waals surface area contributed by atoms with E-state index in [-0.39, 0.29) is 11.8 Å². The first-order chi connectivity index (χ1) is 9.34. The molecule has 4 nitrogen and oxygen atoms in total. The zero-order valence-electron chi connectivity index (χ0n) is 10.7. The first-order valence-corrected chi connectivity index (χ1v) is 6.70. The van der Waals surface area contributed by atoms with E-state index in [2.05, 4.69) is 27.8 Å². The van der Waals surface area contributed by atoms with Gasteiger partial charge in [0.1, 0.15) is 5.82 Å². The standard InChI is InChI=1S/C15H17N3O/c19-15(18-14-8-4-5-9-16-14)12-10-17-13-7-3-1-2-6-11(12)13/h3-5,7-9,12,17H,1-2,6,10H2,(H,16,18,19). The van der Waals surface area contributed by atoms with Crippen molar-refractivity contribution in [2.75, 3.05) is 11.9 Å². The quantitative estimate of drug-likeness (QED) is 0.852. The molecule has 19 heavy (non-hydrogen) atoms. The summed E-state index contributed by atoms with van der Waals surface area (Å²) in [5, 5.41) is 6.22. The Bertz CT molecular complexity index is 534. The number of amides is 1. The maximum Gasteiger partial charge on any atom is 0.234 e. The highest BCUT2D eigenvalue weighted by atomic mass is 16.2. The van der Waals surface area contributed by atoms with Crippen molar-refractivity contribution in [3.05, 3.63) is 47.8 Å². The predicted molar refractivity (Wildman–Crippen MR) is 74.4 cm³/mol. The number of anilines is 1. The fourth-order valence-electron chi connectivity index (χ4n) is 2.62. The van der Waals surface area contributed by atoms with Crippen LogP contribution in [0.2, 0.25) is 0 Å². The van der Waals surface area contributed by atoms with Gasteiger partial charge in [-0.15, -0.1) is 0 Å². The minimum Gasteiger partial charge on any atom is -0.384 e. The van der Waals surface area contributed by atoms with Gasteiger partial charge < -0.3 is 10.6 Å². The van der Waals surface area contributed by atoms with Crippen LogP contribution in [0.3, 0.4) is 0 Å². The van der Waals surface area contributed by atoms with Gasteiger partial charge in [0.2, 0.25) is 5.91 Å². The molecule has 2 aliphatic rings. The van der Waals surface area contributed by atoms with Gasteiger partial charge in [-0.3, -0.25) is 4.79 Å². The zero-order valence-corrected chi connectivity index (χ0v) is 10.7. The van der Waals surface area contributed by atoms with Crippen LogP contribution < -0.4 is 10.6 Å². The van der Waals surface area contributed by atoms with Gasteiger partial charge in [-0.25, -0.2) is 4.98 Å². The molecule has 1 aromatic heterocycles. The average Bonchev–Trinajstić information content (AvgIpc) is 2.69. The average molecular weight is 255 g/mol. The summed E-state index contributed by atoms with van der Waals surface area (Å²) < 4.78 is 0. The summed E-state index contributed by atoms with van der Waals surface area (Å²) in [5.74, 6) is 0.581. The summed E-state index contributed by atoms with van der Waals surface area (Å²) in [5.41, 5.74) is 2.38. The molecular weight excluding hydrogens is 238 g/mol. The van der Waals surface area contributed by atoms with E-state index < -0.39 is 0 Å². The Morgan fingerprint density at radius 1 is 1.42 bits per heavy atom. The lowest BCUT2D eigenvalue weighted by atomic mass is 9.96. The fourth-order valence-corrected chi connectivity index (χ4v) is 2.62. The molecule has 98 valence electrons. The third kappa shape index (κ3) is 2.52. The number of carbonyl (C=O) groups excluding carboxylic acids is 1. The Kier molecular flexibility index (Phi) is 3.31. The second-order valence-electron chi connectivity index (χ2n) is 4.87. The van der Waals surface area contributed by atoms with E-state index in [1.807, 2.05) is 18.2 Å². The second-order valence-corrected chi connectivity index (χ2v) is 4.87. The Morgan fingerprint density at radius 2 is 2.37 bits per heavy atom. The molecular formula is C15H17N3O. The minimum atomic E-state index is -0.0697. The van der Waals surface area contributed by atoms with E-state index in [0.717, 1.165) is 25.0 Å². The van der Waals surface area contributed by atoms with E-state index >= 15 is 0 Å². The van der Waals surface area contributed by atoms with E-state index in [0.29, 0.717) is 12.4 Å². The van der Waals surface area contributed by atoms with Crippen molar-refractivity contribution in [3.8, 4) is 0 Å². The van der Waals surface area contributed by atoms with Gasteiger partial charge in [-0.2, -0.15) is 0 Å². The SMILES string of the molecule is O=C(Nc1ccccn1)C1CNC2=C1CCCC=C2. The first-order valence-electron chi connectivity index (χ1n) is 6.70. The minimum absolute atomic E-state index is 0.0338. The molecule has 0 spiro atoms.